The molecule has 1 fully saturated rings. The molecule has 0 spiro atoms. The average molecular weight is 340 g/mol. The Kier molecular flexibility index (Phi) is 5.82. The molecular formula is C19H24N4O2. The molecule has 2 aromatic rings. The maximum atomic E-state index is 12.4. The van der Waals surface area contributed by atoms with Crippen LogP contribution in [0.4, 0.5) is 5.82 Å². The summed E-state index contributed by atoms with van der Waals surface area (Å²) in [4.78, 5) is 23.0. The zero-order chi connectivity index (χ0) is 17.5. The van der Waals surface area contributed by atoms with Gasteiger partial charge in [0.2, 0.25) is 5.91 Å². The van der Waals surface area contributed by atoms with Gasteiger partial charge < -0.3 is 15.0 Å². The normalized spacial score (nSPS) is 16.3. The van der Waals surface area contributed by atoms with E-state index in [0.717, 1.165) is 37.5 Å². The van der Waals surface area contributed by atoms with Gasteiger partial charge in [-0.2, -0.15) is 0 Å². The highest BCUT2D eigenvalue weighted by atomic mass is 16.5. The lowest BCUT2D eigenvalue weighted by Crippen LogP contribution is -2.43. The van der Waals surface area contributed by atoms with Crippen LogP contribution < -0.4 is 15.0 Å². The van der Waals surface area contributed by atoms with Gasteiger partial charge in [0.15, 0.2) is 0 Å². The van der Waals surface area contributed by atoms with Crippen LogP contribution in [0.2, 0.25) is 0 Å². The van der Waals surface area contributed by atoms with E-state index < -0.39 is 0 Å². The van der Waals surface area contributed by atoms with Gasteiger partial charge in [-0.1, -0.05) is 18.2 Å². The molecule has 2 heterocycles. The number of carbonyl (C=O) groups excluding carboxylic acids is 1. The molecule has 1 N–H and O–H groups in total. The lowest BCUT2D eigenvalue weighted by atomic mass is 9.96. The van der Waals surface area contributed by atoms with E-state index >= 15 is 0 Å². The summed E-state index contributed by atoms with van der Waals surface area (Å²) >= 11 is 0. The van der Waals surface area contributed by atoms with E-state index in [1.807, 2.05) is 37.3 Å². The molecule has 0 unspecified atom stereocenters. The van der Waals surface area contributed by atoms with Crippen LogP contribution >= 0.6 is 0 Å². The Bertz CT molecular complexity index is 658. The molecule has 1 amide bonds. The summed E-state index contributed by atoms with van der Waals surface area (Å²) in [7, 11) is 0. The first-order chi connectivity index (χ1) is 12.2. The Morgan fingerprint density at radius 2 is 2.04 bits per heavy atom. The van der Waals surface area contributed by atoms with Crippen LogP contribution in [0.3, 0.4) is 0 Å². The number of para-hydroxylation sites is 1. The number of hydrogen-bond donors (Lipinski definition) is 1. The van der Waals surface area contributed by atoms with E-state index in [-0.39, 0.29) is 17.9 Å². The largest absolute Gasteiger partial charge is 0.489 e. The fourth-order valence-corrected chi connectivity index (χ4v) is 2.99. The van der Waals surface area contributed by atoms with Gasteiger partial charge in [-0.3, -0.25) is 9.78 Å². The zero-order valence-corrected chi connectivity index (χ0v) is 14.5. The molecule has 6 heteroatoms. The predicted octanol–water partition coefficient (Wildman–Crippen LogP) is 2.28. The molecule has 0 saturated carbocycles. The average Bonchev–Trinajstić information content (AvgIpc) is 2.68. The third-order valence-electron chi connectivity index (χ3n) is 4.38. The number of rotatable bonds is 6. The van der Waals surface area contributed by atoms with Crippen LogP contribution in [-0.2, 0) is 4.79 Å². The first-order valence-electron chi connectivity index (χ1n) is 8.73. The van der Waals surface area contributed by atoms with Crippen LogP contribution in [-0.4, -0.2) is 41.6 Å². The van der Waals surface area contributed by atoms with Gasteiger partial charge in [0.1, 0.15) is 17.7 Å². The van der Waals surface area contributed by atoms with Gasteiger partial charge in [-0.15, -0.1) is 0 Å². The fourth-order valence-electron chi connectivity index (χ4n) is 2.99. The first kappa shape index (κ1) is 17.2. The van der Waals surface area contributed by atoms with Crippen LogP contribution in [0.1, 0.15) is 19.8 Å². The van der Waals surface area contributed by atoms with Crippen molar-refractivity contribution in [1.82, 2.24) is 15.3 Å². The fraction of sp³-hybridized carbons (Fsp3) is 0.421. The minimum Gasteiger partial charge on any atom is -0.489 e. The third-order valence-corrected chi connectivity index (χ3v) is 4.38. The summed E-state index contributed by atoms with van der Waals surface area (Å²) < 4.78 is 5.79. The molecule has 1 aromatic heterocycles. The Labute approximate surface area is 148 Å². The van der Waals surface area contributed by atoms with Gasteiger partial charge in [0.25, 0.3) is 0 Å². The molecule has 1 aromatic carbocycles. The molecule has 132 valence electrons. The van der Waals surface area contributed by atoms with Gasteiger partial charge in [-0.05, 0) is 31.9 Å². The molecule has 1 aliphatic rings. The SMILES string of the molecule is C[C@@H](CNC(=O)C1CCN(c2cnccn2)CC1)Oc1ccccc1. The molecule has 3 rings (SSSR count). The molecule has 0 bridgehead atoms. The number of anilines is 1. The minimum absolute atomic E-state index is 0.0526. The number of nitrogens with zero attached hydrogens (tertiary/aromatic N) is 3. The first-order valence-corrected chi connectivity index (χ1v) is 8.73. The summed E-state index contributed by atoms with van der Waals surface area (Å²) in [5.74, 6) is 1.87. The topological polar surface area (TPSA) is 67.4 Å². The second-order valence-electron chi connectivity index (χ2n) is 6.31. The summed E-state index contributed by atoms with van der Waals surface area (Å²) in [6, 6.07) is 9.66. The second kappa shape index (κ2) is 8.46. The molecule has 0 radical (unpaired) electrons. The number of nitrogens with one attached hydrogen (secondary N) is 1. The van der Waals surface area contributed by atoms with Crippen molar-refractivity contribution >= 4 is 11.7 Å². The number of ether oxygens (including phenoxy) is 1. The van der Waals surface area contributed by atoms with E-state index in [2.05, 4.69) is 20.2 Å². The minimum atomic E-state index is -0.0639. The summed E-state index contributed by atoms with van der Waals surface area (Å²) in [5.41, 5.74) is 0. The highest BCUT2D eigenvalue weighted by Crippen LogP contribution is 2.21. The van der Waals surface area contributed by atoms with Gasteiger partial charge in [-0.25, -0.2) is 4.98 Å². The Hall–Kier alpha value is -2.63. The van der Waals surface area contributed by atoms with Crippen molar-refractivity contribution in [3.63, 3.8) is 0 Å². The Morgan fingerprint density at radius 1 is 1.28 bits per heavy atom. The van der Waals surface area contributed by atoms with Gasteiger partial charge in [0, 0.05) is 31.4 Å². The molecule has 0 aliphatic carbocycles. The van der Waals surface area contributed by atoms with Gasteiger partial charge >= 0.3 is 0 Å². The highest BCUT2D eigenvalue weighted by molar-refractivity contribution is 5.79. The van der Waals surface area contributed by atoms with Crippen molar-refractivity contribution in [2.24, 2.45) is 5.92 Å². The van der Waals surface area contributed by atoms with E-state index in [9.17, 15) is 4.79 Å². The van der Waals surface area contributed by atoms with Crippen LogP contribution in [0, 0.1) is 5.92 Å². The highest BCUT2D eigenvalue weighted by Gasteiger charge is 2.25. The summed E-state index contributed by atoms with van der Waals surface area (Å²) in [5, 5.41) is 3.02. The van der Waals surface area contributed by atoms with Crippen LogP contribution in [0.25, 0.3) is 0 Å². The van der Waals surface area contributed by atoms with Crippen molar-refractivity contribution < 1.29 is 9.53 Å². The van der Waals surface area contributed by atoms with Crippen molar-refractivity contribution in [1.29, 1.82) is 0 Å². The van der Waals surface area contributed by atoms with E-state index in [1.165, 1.54) is 0 Å². The quantitative estimate of drug-likeness (QED) is 0.874. The number of benzene rings is 1. The Balaban J connectivity index is 1.40. The molecule has 1 aliphatic heterocycles. The van der Waals surface area contributed by atoms with Crippen LogP contribution in [0.5, 0.6) is 5.75 Å². The lowest BCUT2D eigenvalue weighted by molar-refractivity contribution is -0.125. The smallest absolute Gasteiger partial charge is 0.223 e. The standard InChI is InChI=1S/C19H24N4O2/c1-15(25-17-5-3-2-4-6-17)13-22-19(24)16-7-11-23(12-8-16)18-14-20-9-10-21-18/h2-6,9-10,14-16H,7-8,11-13H2,1H3,(H,22,24)/t15-/m0/s1. The van der Waals surface area contributed by atoms with E-state index in [4.69, 9.17) is 4.74 Å². The van der Waals surface area contributed by atoms with Crippen LogP contribution in [0.15, 0.2) is 48.9 Å². The van der Waals surface area contributed by atoms with Gasteiger partial charge in [0.05, 0.1) is 12.7 Å². The van der Waals surface area contributed by atoms with E-state index in [1.54, 1.807) is 18.6 Å². The number of piperidine rings is 1. The number of aromatic nitrogens is 2. The maximum Gasteiger partial charge on any atom is 0.223 e. The lowest BCUT2D eigenvalue weighted by Gasteiger charge is -2.32. The molecular weight excluding hydrogens is 316 g/mol. The maximum absolute atomic E-state index is 12.4. The van der Waals surface area contributed by atoms with Crippen molar-refractivity contribution in [3.8, 4) is 5.75 Å². The second-order valence-corrected chi connectivity index (χ2v) is 6.31. The molecule has 1 atom stereocenters. The Morgan fingerprint density at radius 3 is 2.72 bits per heavy atom. The molecule has 6 nitrogen and oxygen atoms in total. The third kappa shape index (κ3) is 4.92. The number of hydrogen-bond acceptors (Lipinski definition) is 5. The van der Waals surface area contributed by atoms with Crippen molar-refractivity contribution in [2.45, 2.75) is 25.9 Å². The van der Waals surface area contributed by atoms with E-state index in [0.29, 0.717) is 6.54 Å². The summed E-state index contributed by atoms with van der Waals surface area (Å²) in [6.07, 6.45) is 6.73. The molecule has 1 saturated heterocycles. The van der Waals surface area contributed by atoms with Crippen molar-refractivity contribution in [3.05, 3.63) is 48.9 Å². The zero-order valence-electron chi connectivity index (χ0n) is 14.5. The monoisotopic (exact) mass is 340 g/mol. The number of carbonyl (C=O) groups is 1. The number of amides is 1. The molecule has 25 heavy (non-hydrogen) atoms. The summed E-state index contributed by atoms with van der Waals surface area (Å²) in [6.45, 7) is 4.13. The predicted molar refractivity (Wildman–Crippen MR) is 96.5 cm³/mol. The van der Waals surface area contributed by atoms with Crippen molar-refractivity contribution in [2.75, 3.05) is 24.5 Å².